The molecule has 2 nitrogen and oxygen atoms in total. The van der Waals surface area contributed by atoms with Crippen molar-refractivity contribution in [3.8, 4) is 28.2 Å². The fourth-order valence-corrected chi connectivity index (χ4v) is 9.49. The molecule has 2 aromatic heterocycles. The van der Waals surface area contributed by atoms with Crippen molar-refractivity contribution in [1.29, 1.82) is 0 Å². The molecule has 0 aliphatic rings. The average Bonchev–Trinajstić information content (AvgIpc) is 3.71. The van der Waals surface area contributed by atoms with Gasteiger partial charge in [0.25, 0.3) is 0 Å². The molecule has 0 aliphatic carbocycles. The molecule has 9 rings (SSSR count). The van der Waals surface area contributed by atoms with Crippen LogP contribution >= 0.6 is 11.3 Å². The second-order valence-electron chi connectivity index (χ2n) is 16.0. The first-order valence-electron chi connectivity index (χ1n) is 18.6. The third kappa shape index (κ3) is 5.17. The summed E-state index contributed by atoms with van der Waals surface area (Å²) in [5.74, 6) is 1.62. The molecule has 2 heterocycles. The van der Waals surface area contributed by atoms with E-state index in [1.165, 1.54) is 80.8 Å². The number of benzene rings is 7. The summed E-state index contributed by atoms with van der Waals surface area (Å²) in [6.45, 7) is 16.3. The molecular formula is C49H44N2S. The lowest BCUT2D eigenvalue weighted by molar-refractivity contribution is 0.596. The predicted octanol–water partition coefficient (Wildman–Crippen LogP) is 14.6. The van der Waals surface area contributed by atoms with Crippen LogP contribution in [0.1, 0.15) is 77.0 Å². The van der Waals surface area contributed by atoms with Gasteiger partial charge in [-0.05, 0) is 109 Å². The minimum Gasteiger partial charge on any atom is -0.292 e. The minimum atomic E-state index is -0.0356. The zero-order valence-electron chi connectivity index (χ0n) is 31.1. The maximum Gasteiger partial charge on any atom is 0.147 e. The Labute approximate surface area is 310 Å². The van der Waals surface area contributed by atoms with E-state index >= 15 is 0 Å². The van der Waals surface area contributed by atoms with Crippen molar-refractivity contribution in [2.75, 3.05) is 0 Å². The van der Waals surface area contributed by atoms with E-state index in [1.54, 1.807) is 0 Å². The number of rotatable bonds is 5. The van der Waals surface area contributed by atoms with E-state index in [4.69, 9.17) is 4.98 Å². The fourth-order valence-electron chi connectivity index (χ4n) is 8.23. The summed E-state index contributed by atoms with van der Waals surface area (Å²) in [6, 6.07) is 47.3. The summed E-state index contributed by atoms with van der Waals surface area (Å²) in [7, 11) is 0. The lowest BCUT2D eigenvalue weighted by Crippen LogP contribution is -2.12. The first kappa shape index (κ1) is 32.6. The molecule has 9 aromatic rings. The van der Waals surface area contributed by atoms with Crippen LogP contribution in [-0.4, -0.2) is 9.55 Å². The van der Waals surface area contributed by atoms with E-state index in [9.17, 15) is 0 Å². The zero-order chi connectivity index (χ0) is 35.9. The Bertz CT molecular complexity index is 2800. The van der Waals surface area contributed by atoms with E-state index in [2.05, 4.69) is 180 Å². The van der Waals surface area contributed by atoms with E-state index in [1.807, 2.05) is 11.3 Å². The summed E-state index contributed by atoms with van der Waals surface area (Å²) < 4.78 is 5.11. The molecule has 0 saturated carbocycles. The molecule has 0 atom stereocenters. The highest BCUT2D eigenvalue weighted by Crippen LogP contribution is 2.48. The quantitative estimate of drug-likeness (QED) is 0.164. The number of thiophene rings is 1. The number of imidazole rings is 1. The normalized spacial score (nSPS) is 12.5. The number of fused-ring (bicyclic) bond motifs is 7. The van der Waals surface area contributed by atoms with Crippen LogP contribution in [0.3, 0.4) is 0 Å². The van der Waals surface area contributed by atoms with E-state index in [-0.39, 0.29) is 5.41 Å². The van der Waals surface area contributed by atoms with Crippen molar-refractivity contribution in [3.63, 3.8) is 0 Å². The summed E-state index contributed by atoms with van der Waals surface area (Å²) in [4.78, 5) is 5.52. The standard InChI is InChI=1S/C49H44N2S/c1-29(2)37-26-34(31-15-9-8-10-16-31)27-38(30(3)4)46(37)51-43-20-14-13-19-42(43)50-48(51)36-23-24-41(49(5,6)7)45-40-25-33-22-21-32-17-11-12-18-35(32)39(33)28-44(40)52-47(36)45/h8-30H,1-7H3. The van der Waals surface area contributed by atoms with Crippen LogP contribution in [0, 0.1) is 0 Å². The molecule has 0 radical (unpaired) electrons. The number of hydrogen-bond acceptors (Lipinski definition) is 2. The number of nitrogens with zero attached hydrogens (tertiary/aromatic N) is 2. The highest BCUT2D eigenvalue weighted by atomic mass is 32.1. The third-order valence-corrected chi connectivity index (χ3v) is 12.0. The second kappa shape index (κ2) is 12.2. The number of para-hydroxylation sites is 2. The van der Waals surface area contributed by atoms with E-state index < -0.39 is 0 Å². The molecule has 0 aliphatic heterocycles. The highest BCUT2D eigenvalue weighted by Gasteiger charge is 2.27. The maximum atomic E-state index is 5.52. The van der Waals surface area contributed by atoms with Crippen molar-refractivity contribution in [1.82, 2.24) is 9.55 Å². The molecule has 0 saturated heterocycles. The van der Waals surface area contributed by atoms with Crippen LogP contribution in [0.15, 0.2) is 127 Å². The summed E-state index contributed by atoms with van der Waals surface area (Å²) in [5, 5.41) is 7.86. The van der Waals surface area contributed by atoms with Gasteiger partial charge >= 0.3 is 0 Å². The van der Waals surface area contributed by atoms with Gasteiger partial charge in [-0.15, -0.1) is 11.3 Å². The van der Waals surface area contributed by atoms with E-state index in [0.29, 0.717) is 11.8 Å². The van der Waals surface area contributed by atoms with Crippen LogP contribution in [-0.2, 0) is 5.41 Å². The van der Waals surface area contributed by atoms with Crippen LogP contribution < -0.4 is 0 Å². The third-order valence-electron chi connectivity index (χ3n) is 10.8. The van der Waals surface area contributed by atoms with Gasteiger partial charge in [-0.2, -0.15) is 0 Å². The van der Waals surface area contributed by atoms with Gasteiger partial charge < -0.3 is 0 Å². The van der Waals surface area contributed by atoms with Gasteiger partial charge in [0.1, 0.15) is 5.82 Å². The van der Waals surface area contributed by atoms with Gasteiger partial charge in [0.05, 0.1) is 16.7 Å². The molecule has 0 unspecified atom stereocenters. The van der Waals surface area contributed by atoms with Crippen LogP contribution in [0.25, 0.3) is 81.0 Å². The van der Waals surface area contributed by atoms with Gasteiger partial charge in [-0.1, -0.05) is 133 Å². The molecule has 0 bridgehead atoms. The Balaban J connectivity index is 1.40. The first-order valence-corrected chi connectivity index (χ1v) is 19.4. The minimum absolute atomic E-state index is 0.0356. The molecule has 3 heteroatoms. The molecule has 52 heavy (non-hydrogen) atoms. The van der Waals surface area contributed by atoms with Gasteiger partial charge in [0.15, 0.2) is 0 Å². The molecule has 0 fully saturated rings. The van der Waals surface area contributed by atoms with Crippen LogP contribution in [0.4, 0.5) is 0 Å². The van der Waals surface area contributed by atoms with Gasteiger partial charge in [0, 0.05) is 25.7 Å². The Morgan fingerprint density at radius 1 is 0.596 bits per heavy atom. The second-order valence-corrected chi connectivity index (χ2v) is 17.1. The summed E-state index contributed by atoms with van der Waals surface area (Å²) in [5.41, 5.74) is 11.1. The lowest BCUT2D eigenvalue weighted by atomic mass is 9.83. The topological polar surface area (TPSA) is 17.8 Å². The highest BCUT2D eigenvalue weighted by molar-refractivity contribution is 7.26. The Morgan fingerprint density at radius 3 is 2.00 bits per heavy atom. The van der Waals surface area contributed by atoms with E-state index in [0.717, 1.165) is 16.9 Å². The molecule has 0 amide bonds. The molecule has 0 spiro atoms. The van der Waals surface area contributed by atoms with Crippen molar-refractivity contribution in [2.45, 2.75) is 65.7 Å². The van der Waals surface area contributed by atoms with Crippen molar-refractivity contribution in [3.05, 3.63) is 144 Å². The maximum absolute atomic E-state index is 5.52. The Morgan fingerprint density at radius 2 is 1.27 bits per heavy atom. The van der Waals surface area contributed by atoms with Crippen LogP contribution in [0.2, 0.25) is 0 Å². The molecule has 7 aromatic carbocycles. The SMILES string of the molecule is CC(C)c1cc(-c2ccccc2)cc(C(C)C)c1-n1c(-c2ccc(C(C)(C)C)c3c2sc2cc4c(ccc5ccccc54)cc23)nc2ccccc21. The number of hydrogen-bond donors (Lipinski definition) is 0. The van der Waals surface area contributed by atoms with Gasteiger partial charge in [0.2, 0.25) is 0 Å². The fraction of sp³-hybridized carbons (Fsp3) is 0.204. The first-order chi connectivity index (χ1) is 25.1. The van der Waals surface area contributed by atoms with Crippen molar-refractivity contribution in [2.24, 2.45) is 0 Å². The van der Waals surface area contributed by atoms with Gasteiger partial charge in [-0.25, -0.2) is 4.98 Å². The smallest absolute Gasteiger partial charge is 0.147 e. The Hall–Kier alpha value is -5.25. The van der Waals surface area contributed by atoms with Crippen molar-refractivity contribution < 1.29 is 0 Å². The molecular weight excluding hydrogens is 649 g/mol. The van der Waals surface area contributed by atoms with Crippen LogP contribution in [0.5, 0.6) is 0 Å². The van der Waals surface area contributed by atoms with Crippen molar-refractivity contribution >= 4 is 64.1 Å². The largest absolute Gasteiger partial charge is 0.292 e. The predicted molar refractivity (Wildman–Crippen MR) is 227 cm³/mol. The molecule has 0 N–H and O–H groups in total. The monoisotopic (exact) mass is 692 g/mol. The average molecular weight is 693 g/mol. The number of aromatic nitrogens is 2. The Kier molecular flexibility index (Phi) is 7.64. The summed E-state index contributed by atoms with van der Waals surface area (Å²) >= 11 is 1.92. The van der Waals surface area contributed by atoms with Gasteiger partial charge in [-0.3, -0.25) is 4.57 Å². The lowest BCUT2D eigenvalue weighted by Gasteiger charge is -2.25. The summed E-state index contributed by atoms with van der Waals surface area (Å²) in [6.07, 6.45) is 0. The zero-order valence-corrected chi connectivity index (χ0v) is 31.9. The molecule has 256 valence electrons.